The Morgan fingerprint density at radius 3 is 2.50 bits per heavy atom. The van der Waals surface area contributed by atoms with Crippen molar-refractivity contribution in [2.24, 2.45) is 0 Å². The second-order valence-electron chi connectivity index (χ2n) is 4.08. The van der Waals surface area contributed by atoms with Gasteiger partial charge in [-0.25, -0.2) is 4.39 Å². The third-order valence-corrected chi connectivity index (χ3v) is 3.06. The van der Waals surface area contributed by atoms with Crippen LogP contribution < -0.4 is 4.74 Å². The van der Waals surface area contributed by atoms with Gasteiger partial charge in [-0.2, -0.15) is 0 Å². The number of benzene rings is 2. The predicted octanol–water partition coefficient (Wildman–Crippen LogP) is 4.45. The fourth-order valence-corrected chi connectivity index (χ4v) is 2.00. The number of aryl methyl sites for hydroxylation is 1. The molecule has 3 heteroatoms. The highest BCUT2D eigenvalue weighted by molar-refractivity contribution is 6.17. The summed E-state index contributed by atoms with van der Waals surface area (Å²) in [6.07, 6.45) is 0. The summed E-state index contributed by atoms with van der Waals surface area (Å²) in [6, 6.07) is 12.4. The van der Waals surface area contributed by atoms with Gasteiger partial charge in [-0.05, 0) is 18.6 Å². The Morgan fingerprint density at radius 1 is 1.06 bits per heavy atom. The quantitative estimate of drug-likeness (QED) is 0.741. The van der Waals surface area contributed by atoms with Gasteiger partial charge >= 0.3 is 0 Å². The molecule has 0 aromatic heterocycles. The maximum atomic E-state index is 13.5. The number of hydrogen-bond donors (Lipinski definition) is 0. The first-order valence-electron chi connectivity index (χ1n) is 5.73. The van der Waals surface area contributed by atoms with Crippen molar-refractivity contribution in [3.8, 4) is 5.75 Å². The van der Waals surface area contributed by atoms with Gasteiger partial charge in [-0.1, -0.05) is 36.4 Å². The molecular weight excluding hydrogens is 251 g/mol. The molecule has 0 radical (unpaired) electrons. The molecule has 0 atom stereocenters. The molecule has 0 aliphatic heterocycles. The summed E-state index contributed by atoms with van der Waals surface area (Å²) in [5, 5.41) is 0. The molecule has 18 heavy (non-hydrogen) atoms. The lowest BCUT2D eigenvalue weighted by Crippen LogP contribution is -2.01. The molecule has 94 valence electrons. The van der Waals surface area contributed by atoms with Crippen LogP contribution in [0.2, 0.25) is 0 Å². The molecule has 0 unspecified atom stereocenters. The molecule has 0 amide bonds. The second-order valence-corrected chi connectivity index (χ2v) is 4.34. The monoisotopic (exact) mass is 264 g/mol. The van der Waals surface area contributed by atoms with Crippen LogP contribution in [0.5, 0.6) is 5.75 Å². The Kier molecular flexibility index (Phi) is 4.21. The lowest BCUT2D eigenvalue weighted by Gasteiger charge is -2.13. The molecule has 2 rings (SSSR count). The number of ether oxygens (including phenoxy) is 1. The van der Waals surface area contributed by atoms with Crippen LogP contribution in [0.4, 0.5) is 4.39 Å². The zero-order valence-electron chi connectivity index (χ0n) is 10.1. The minimum absolute atomic E-state index is 0.210. The van der Waals surface area contributed by atoms with E-state index < -0.39 is 0 Å². The summed E-state index contributed by atoms with van der Waals surface area (Å²) in [6.45, 7) is 2.16. The lowest BCUT2D eigenvalue weighted by atomic mass is 10.1. The van der Waals surface area contributed by atoms with E-state index in [-0.39, 0.29) is 12.4 Å². The lowest BCUT2D eigenvalue weighted by molar-refractivity contribution is 0.295. The Labute approximate surface area is 111 Å². The molecule has 0 saturated heterocycles. The Balaban J connectivity index is 2.18. The van der Waals surface area contributed by atoms with E-state index in [1.165, 1.54) is 6.07 Å². The topological polar surface area (TPSA) is 9.23 Å². The van der Waals surface area contributed by atoms with Crippen LogP contribution in [-0.4, -0.2) is 0 Å². The molecular formula is C15H14ClFO. The van der Waals surface area contributed by atoms with E-state index in [2.05, 4.69) is 0 Å². The number of hydrogen-bond acceptors (Lipinski definition) is 1. The van der Waals surface area contributed by atoms with E-state index in [9.17, 15) is 4.39 Å². The van der Waals surface area contributed by atoms with Crippen molar-refractivity contribution >= 4 is 11.6 Å². The van der Waals surface area contributed by atoms with Crippen molar-refractivity contribution in [1.29, 1.82) is 0 Å². The molecule has 0 fully saturated rings. The highest BCUT2D eigenvalue weighted by Gasteiger charge is 2.08. The van der Waals surface area contributed by atoms with E-state index in [0.717, 1.165) is 16.9 Å². The van der Waals surface area contributed by atoms with Crippen LogP contribution in [0.3, 0.4) is 0 Å². The Hall–Kier alpha value is -1.54. The Bertz CT molecular complexity index is 540. The summed E-state index contributed by atoms with van der Waals surface area (Å²) >= 11 is 5.86. The zero-order valence-corrected chi connectivity index (χ0v) is 10.9. The van der Waals surface area contributed by atoms with Gasteiger partial charge in [-0.3, -0.25) is 0 Å². The SMILES string of the molecule is Cc1cccc(CCl)c1OCc1ccccc1F. The first-order chi connectivity index (χ1) is 8.72. The van der Waals surface area contributed by atoms with Crippen LogP contribution in [0.15, 0.2) is 42.5 Å². The minimum atomic E-state index is -0.251. The highest BCUT2D eigenvalue weighted by atomic mass is 35.5. The smallest absolute Gasteiger partial charge is 0.129 e. The van der Waals surface area contributed by atoms with Gasteiger partial charge in [0.25, 0.3) is 0 Å². The van der Waals surface area contributed by atoms with E-state index in [1.54, 1.807) is 18.2 Å². The zero-order chi connectivity index (χ0) is 13.0. The van der Waals surface area contributed by atoms with E-state index in [0.29, 0.717) is 11.4 Å². The van der Waals surface area contributed by atoms with Crippen molar-refractivity contribution in [2.75, 3.05) is 0 Å². The molecule has 2 aromatic carbocycles. The highest BCUT2D eigenvalue weighted by Crippen LogP contribution is 2.26. The van der Waals surface area contributed by atoms with Crippen molar-refractivity contribution in [1.82, 2.24) is 0 Å². The van der Waals surface area contributed by atoms with E-state index in [4.69, 9.17) is 16.3 Å². The molecule has 0 aliphatic carbocycles. The maximum absolute atomic E-state index is 13.5. The molecule has 0 saturated carbocycles. The van der Waals surface area contributed by atoms with Gasteiger partial charge in [0.1, 0.15) is 18.2 Å². The van der Waals surface area contributed by atoms with Crippen molar-refractivity contribution in [3.63, 3.8) is 0 Å². The van der Waals surface area contributed by atoms with Crippen LogP contribution in [-0.2, 0) is 12.5 Å². The number of rotatable bonds is 4. The minimum Gasteiger partial charge on any atom is -0.488 e. The molecule has 2 aromatic rings. The average Bonchev–Trinajstić information content (AvgIpc) is 2.39. The first-order valence-corrected chi connectivity index (χ1v) is 6.26. The number of halogens is 2. The average molecular weight is 265 g/mol. The largest absolute Gasteiger partial charge is 0.488 e. The molecule has 0 N–H and O–H groups in total. The summed E-state index contributed by atoms with van der Waals surface area (Å²) in [5.41, 5.74) is 2.47. The summed E-state index contributed by atoms with van der Waals surface area (Å²) in [5.74, 6) is 0.878. The van der Waals surface area contributed by atoms with Crippen LogP contribution in [0.25, 0.3) is 0 Å². The first kappa shape index (κ1) is 12.9. The second kappa shape index (κ2) is 5.87. The summed E-state index contributed by atoms with van der Waals surface area (Å²) in [7, 11) is 0. The fourth-order valence-electron chi connectivity index (χ4n) is 1.79. The third kappa shape index (κ3) is 2.82. The normalized spacial score (nSPS) is 10.4. The van der Waals surface area contributed by atoms with Gasteiger partial charge in [0.2, 0.25) is 0 Å². The van der Waals surface area contributed by atoms with Crippen LogP contribution in [0.1, 0.15) is 16.7 Å². The molecule has 1 nitrogen and oxygen atoms in total. The van der Waals surface area contributed by atoms with Crippen LogP contribution in [0, 0.1) is 12.7 Å². The van der Waals surface area contributed by atoms with Gasteiger partial charge < -0.3 is 4.74 Å². The van der Waals surface area contributed by atoms with Crippen molar-refractivity contribution in [3.05, 3.63) is 65.0 Å². The predicted molar refractivity (Wildman–Crippen MR) is 71.5 cm³/mol. The molecule has 0 bridgehead atoms. The van der Waals surface area contributed by atoms with E-state index >= 15 is 0 Å². The van der Waals surface area contributed by atoms with E-state index in [1.807, 2.05) is 25.1 Å². The molecule has 0 aliphatic rings. The number of para-hydroxylation sites is 1. The molecule has 0 spiro atoms. The fraction of sp³-hybridized carbons (Fsp3) is 0.200. The standard InChI is InChI=1S/C15H14ClFO/c1-11-5-4-7-12(9-16)15(11)18-10-13-6-2-3-8-14(13)17/h2-8H,9-10H2,1H3. The van der Waals surface area contributed by atoms with Crippen molar-refractivity contribution in [2.45, 2.75) is 19.4 Å². The van der Waals surface area contributed by atoms with Crippen LogP contribution >= 0.6 is 11.6 Å². The van der Waals surface area contributed by atoms with Gasteiger partial charge in [-0.15, -0.1) is 11.6 Å². The van der Waals surface area contributed by atoms with Gasteiger partial charge in [0.05, 0.1) is 5.88 Å². The number of alkyl halides is 1. The van der Waals surface area contributed by atoms with Gasteiger partial charge in [0, 0.05) is 11.1 Å². The summed E-state index contributed by atoms with van der Waals surface area (Å²) < 4.78 is 19.2. The molecule has 0 heterocycles. The Morgan fingerprint density at radius 2 is 1.78 bits per heavy atom. The third-order valence-electron chi connectivity index (χ3n) is 2.77. The van der Waals surface area contributed by atoms with Gasteiger partial charge in [0.15, 0.2) is 0 Å². The maximum Gasteiger partial charge on any atom is 0.129 e. The van der Waals surface area contributed by atoms with Crippen molar-refractivity contribution < 1.29 is 9.13 Å². The summed E-state index contributed by atoms with van der Waals surface area (Å²) in [4.78, 5) is 0.